The molecule has 6 nitrogen and oxygen atoms in total. The highest BCUT2D eigenvalue weighted by Gasteiger charge is 2.10. The first-order chi connectivity index (χ1) is 15.1. The number of amides is 1. The average Bonchev–Trinajstić information content (AvgIpc) is 2.77. The largest absolute Gasteiger partial charge is 0.494 e. The molecule has 0 bridgehead atoms. The Bertz CT molecular complexity index is 925. The summed E-state index contributed by atoms with van der Waals surface area (Å²) >= 11 is 6.30. The number of aromatic nitrogens is 1. The predicted molar refractivity (Wildman–Crippen MR) is 126 cm³/mol. The molecule has 1 aromatic heterocycles. The molecule has 0 saturated heterocycles. The number of nitrogens with one attached hydrogen (secondary N) is 1. The maximum atomic E-state index is 12.2. The van der Waals surface area contributed by atoms with Gasteiger partial charge in [-0.05, 0) is 43.7 Å². The second kappa shape index (κ2) is 13.7. The molecule has 1 heterocycles. The number of benzene rings is 1. The van der Waals surface area contributed by atoms with E-state index in [1.165, 1.54) is 55.4 Å². The van der Waals surface area contributed by atoms with Crippen molar-refractivity contribution in [1.29, 1.82) is 0 Å². The van der Waals surface area contributed by atoms with Crippen LogP contribution < -0.4 is 15.7 Å². The van der Waals surface area contributed by atoms with E-state index in [4.69, 9.17) is 16.3 Å². The fourth-order valence-corrected chi connectivity index (χ4v) is 3.35. The van der Waals surface area contributed by atoms with Crippen molar-refractivity contribution in [2.45, 2.75) is 65.3 Å². The lowest BCUT2D eigenvalue weighted by atomic mass is 10.1. The van der Waals surface area contributed by atoms with E-state index in [2.05, 4.69) is 17.5 Å². The topological polar surface area (TPSA) is 72.7 Å². The van der Waals surface area contributed by atoms with Crippen molar-refractivity contribution in [3.8, 4) is 5.75 Å². The molecular weight excluding hydrogens is 414 g/mol. The van der Waals surface area contributed by atoms with Gasteiger partial charge in [0, 0.05) is 18.3 Å². The van der Waals surface area contributed by atoms with Gasteiger partial charge >= 0.3 is 0 Å². The minimum absolute atomic E-state index is 0.0432. The Kier molecular flexibility index (Phi) is 10.9. The Morgan fingerprint density at radius 3 is 2.58 bits per heavy atom. The number of pyridine rings is 1. The minimum atomic E-state index is -0.560. The van der Waals surface area contributed by atoms with E-state index in [-0.39, 0.29) is 11.1 Å². The van der Waals surface area contributed by atoms with Gasteiger partial charge in [-0.25, -0.2) is 5.43 Å². The van der Waals surface area contributed by atoms with Crippen molar-refractivity contribution in [3.63, 3.8) is 0 Å². The van der Waals surface area contributed by atoms with E-state index in [1.54, 1.807) is 24.4 Å². The second-order valence-corrected chi connectivity index (χ2v) is 7.77. The molecule has 0 atom stereocenters. The lowest BCUT2D eigenvalue weighted by Gasteiger charge is -2.08. The fourth-order valence-electron chi connectivity index (χ4n) is 3.13. The molecule has 1 aromatic carbocycles. The molecule has 31 heavy (non-hydrogen) atoms. The maximum absolute atomic E-state index is 12.2. The summed E-state index contributed by atoms with van der Waals surface area (Å²) in [5.41, 5.74) is 2.71. The van der Waals surface area contributed by atoms with Crippen LogP contribution in [0, 0.1) is 0 Å². The quantitative estimate of drug-likeness (QED) is 0.254. The first kappa shape index (κ1) is 24.7. The number of unbranched alkanes of at least 4 members (excludes halogenated alkanes) is 6. The van der Waals surface area contributed by atoms with Crippen LogP contribution in [0.5, 0.6) is 5.75 Å². The van der Waals surface area contributed by atoms with Gasteiger partial charge in [0.05, 0.1) is 17.8 Å². The minimum Gasteiger partial charge on any atom is -0.494 e. The van der Waals surface area contributed by atoms with Crippen molar-refractivity contribution in [3.05, 3.63) is 63.0 Å². The van der Waals surface area contributed by atoms with E-state index in [0.717, 1.165) is 6.42 Å². The third-order valence-electron chi connectivity index (χ3n) is 4.96. The Hall–Kier alpha value is -2.60. The molecule has 0 spiro atoms. The lowest BCUT2D eigenvalue weighted by Crippen LogP contribution is -2.30. The van der Waals surface area contributed by atoms with Crippen molar-refractivity contribution < 1.29 is 9.53 Å². The highest BCUT2D eigenvalue weighted by atomic mass is 35.5. The number of rotatable bonds is 13. The van der Waals surface area contributed by atoms with Crippen molar-refractivity contribution >= 4 is 23.7 Å². The molecule has 2 aromatic rings. The van der Waals surface area contributed by atoms with Gasteiger partial charge in [-0.15, -0.1) is 0 Å². The average molecular weight is 446 g/mol. The molecule has 168 valence electrons. The Morgan fingerprint density at radius 2 is 1.87 bits per heavy atom. The van der Waals surface area contributed by atoms with Crippen LogP contribution in [0.2, 0.25) is 5.02 Å². The number of carbonyl (C=O) groups excluding carboxylic acids is 1. The summed E-state index contributed by atoms with van der Waals surface area (Å²) in [7, 11) is 0. The van der Waals surface area contributed by atoms with Crippen LogP contribution in [0.1, 0.15) is 74.7 Å². The summed E-state index contributed by atoms with van der Waals surface area (Å²) in [6.45, 7) is 5.22. The number of halogens is 1. The van der Waals surface area contributed by atoms with Gasteiger partial charge in [-0.3, -0.25) is 9.59 Å². The summed E-state index contributed by atoms with van der Waals surface area (Å²) in [6.07, 6.45) is 11.7. The Balaban J connectivity index is 1.80. The highest BCUT2D eigenvalue weighted by molar-refractivity contribution is 6.33. The van der Waals surface area contributed by atoms with Crippen LogP contribution in [-0.2, 0) is 6.54 Å². The zero-order chi connectivity index (χ0) is 22.5. The van der Waals surface area contributed by atoms with E-state index < -0.39 is 5.91 Å². The summed E-state index contributed by atoms with van der Waals surface area (Å²) in [5.74, 6) is 0.149. The van der Waals surface area contributed by atoms with E-state index in [9.17, 15) is 9.59 Å². The fraction of sp³-hybridized carbons (Fsp3) is 0.458. The summed E-state index contributed by atoms with van der Waals surface area (Å²) in [5, 5.41) is 4.40. The molecule has 0 aliphatic carbocycles. The third-order valence-corrected chi connectivity index (χ3v) is 5.29. The SMILES string of the molecule is CCCCCCCCCOc1ccc(/C=N\NC(=O)c2cccn(CC)c2=O)c(Cl)c1. The Labute approximate surface area is 189 Å². The lowest BCUT2D eigenvalue weighted by molar-refractivity contribution is 0.0953. The van der Waals surface area contributed by atoms with Gasteiger partial charge in [0.2, 0.25) is 0 Å². The van der Waals surface area contributed by atoms with Gasteiger partial charge in [0.25, 0.3) is 11.5 Å². The van der Waals surface area contributed by atoms with E-state index in [0.29, 0.717) is 29.5 Å². The molecule has 0 fully saturated rings. The zero-order valence-electron chi connectivity index (χ0n) is 18.4. The van der Waals surface area contributed by atoms with Gasteiger partial charge in [0.1, 0.15) is 11.3 Å². The molecule has 1 N–H and O–H groups in total. The molecule has 0 aliphatic rings. The van der Waals surface area contributed by atoms with Crippen molar-refractivity contribution in [2.24, 2.45) is 5.10 Å². The summed E-state index contributed by atoms with van der Waals surface area (Å²) in [4.78, 5) is 24.4. The van der Waals surface area contributed by atoms with E-state index >= 15 is 0 Å². The number of nitrogens with zero attached hydrogens (tertiary/aromatic N) is 2. The third kappa shape index (κ3) is 8.21. The number of hydrogen-bond acceptors (Lipinski definition) is 4. The molecule has 2 rings (SSSR count). The van der Waals surface area contributed by atoms with Crippen molar-refractivity contribution in [2.75, 3.05) is 6.61 Å². The maximum Gasteiger partial charge on any atom is 0.276 e. The molecule has 1 amide bonds. The number of hydrazone groups is 1. The highest BCUT2D eigenvalue weighted by Crippen LogP contribution is 2.21. The van der Waals surface area contributed by atoms with Crippen LogP contribution >= 0.6 is 11.6 Å². The van der Waals surface area contributed by atoms with Crippen molar-refractivity contribution in [1.82, 2.24) is 9.99 Å². The summed E-state index contributed by atoms with van der Waals surface area (Å²) in [6, 6.07) is 8.48. The van der Waals surface area contributed by atoms with Crippen LogP contribution in [0.25, 0.3) is 0 Å². The first-order valence-corrected chi connectivity index (χ1v) is 11.4. The zero-order valence-corrected chi connectivity index (χ0v) is 19.2. The Morgan fingerprint density at radius 1 is 1.13 bits per heavy atom. The number of aryl methyl sites for hydroxylation is 1. The summed E-state index contributed by atoms with van der Waals surface area (Å²) < 4.78 is 7.23. The monoisotopic (exact) mass is 445 g/mol. The molecular formula is C24H32ClN3O3. The number of hydrogen-bond donors (Lipinski definition) is 1. The van der Waals surface area contributed by atoms with Crippen LogP contribution in [0.4, 0.5) is 0 Å². The van der Waals surface area contributed by atoms with Gasteiger partial charge in [-0.1, -0.05) is 57.0 Å². The smallest absolute Gasteiger partial charge is 0.276 e. The first-order valence-electron chi connectivity index (χ1n) is 11.0. The molecule has 0 aliphatic heterocycles. The predicted octanol–water partition coefficient (Wildman–Crippen LogP) is 5.41. The van der Waals surface area contributed by atoms with Crippen LogP contribution in [0.15, 0.2) is 46.4 Å². The van der Waals surface area contributed by atoms with Crippen LogP contribution in [-0.4, -0.2) is 23.3 Å². The molecule has 0 radical (unpaired) electrons. The van der Waals surface area contributed by atoms with E-state index in [1.807, 2.05) is 13.0 Å². The van der Waals surface area contributed by atoms with Crippen LogP contribution in [0.3, 0.4) is 0 Å². The van der Waals surface area contributed by atoms with Gasteiger partial charge in [0.15, 0.2) is 0 Å². The van der Waals surface area contributed by atoms with Gasteiger partial charge in [-0.2, -0.15) is 5.10 Å². The molecule has 7 heteroatoms. The standard InChI is InChI=1S/C24H32ClN3O3/c1-3-5-6-7-8-9-10-16-31-20-14-13-19(22(25)17-20)18-26-27-23(29)21-12-11-15-28(4-2)24(21)30/h11-15,17-18H,3-10,16H2,1-2H3,(H,27,29)/b26-18-. The number of carbonyl (C=O) groups is 1. The second-order valence-electron chi connectivity index (χ2n) is 7.37. The number of ether oxygens (including phenoxy) is 1. The normalized spacial score (nSPS) is 11.1. The molecule has 0 unspecified atom stereocenters. The molecule has 0 saturated carbocycles. The van der Waals surface area contributed by atoms with Gasteiger partial charge < -0.3 is 9.30 Å².